The van der Waals surface area contributed by atoms with E-state index < -0.39 is 0 Å². The molecule has 2 aliphatic heterocycles. The first-order valence-electron chi connectivity index (χ1n) is 8.60. The topological polar surface area (TPSA) is 84.7 Å². The number of aromatic nitrogens is 1. The predicted molar refractivity (Wildman–Crippen MR) is 96.6 cm³/mol. The predicted octanol–water partition coefficient (Wildman–Crippen LogP) is 2.45. The minimum absolute atomic E-state index is 0.0645. The first kappa shape index (κ1) is 17.0. The zero-order valence-corrected chi connectivity index (χ0v) is 15.0. The molecular weight excluding hydrogens is 354 g/mol. The molecule has 2 aromatic rings. The van der Waals surface area contributed by atoms with E-state index in [0.717, 1.165) is 23.4 Å². The standard InChI is InChI=1S/C18H19N3O4S/c22-16(6-5-12-3-1-9-24-12)21-8-7-13-15(11-21)26-18(19-13)20-17(23)14-4-2-10-25-14/h1,3,5-6,9,14H,2,4,7-8,10-11H2,(H,19,20,23)/b6-5+. The number of hydrogen-bond donors (Lipinski definition) is 1. The summed E-state index contributed by atoms with van der Waals surface area (Å²) in [6, 6.07) is 3.57. The molecule has 4 rings (SSSR count). The minimum Gasteiger partial charge on any atom is -0.465 e. The lowest BCUT2D eigenvalue weighted by Gasteiger charge is -2.24. The quantitative estimate of drug-likeness (QED) is 0.832. The van der Waals surface area contributed by atoms with Crippen molar-refractivity contribution in [3.63, 3.8) is 0 Å². The third-order valence-electron chi connectivity index (χ3n) is 4.43. The molecule has 7 nitrogen and oxygen atoms in total. The van der Waals surface area contributed by atoms with Gasteiger partial charge in [0.2, 0.25) is 5.91 Å². The Kier molecular flexibility index (Phi) is 4.85. The van der Waals surface area contributed by atoms with Gasteiger partial charge in [-0.3, -0.25) is 14.9 Å². The molecule has 1 atom stereocenters. The van der Waals surface area contributed by atoms with Crippen LogP contribution in [0.1, 0.15) is 29.2 Å². The molecule has 0 saturated carbocycles. The van der Waals surface area contributed by atoms with E-state index in [2.05, 4.69) is 10.3 Å². The van der Waals surface area contributed by atoms with Crippen molar-refractivity contribution in [2.24, 2.45) is 0 Å². The van der Waals surface area contributed by atoms with E-state index >= 15 is 0 Å². The van der Waals surface area contributed by atoms with Crippen LogP contribution in [-0.2, 0) is 27.3 Å². The van der Waals surface area contributed by atoms with Crippen molar-refractivity contribution >= 4 is 34.4 Å². The van der Waals surface area contributed by atoms with Crippen LogP contribution in [0.25, 0.3) is 6.08 Å². The number of carbonyl (C=O) groups is 2. The van der Waals surface area contributed by atoms with Gasteiger partial charge in [0.05, 0.1) is 18.5 Å². The van der Waals surface area contributed by atoms with Gasteiger partial charge in [-0.05, 0) is 31.1 Å². The van der Waals surface area contributed by atoms with Crippen molar-refractivity contribution in [3.05, 3.63) is 40.8 Å². The molecule has 26 heavy (non-hydrogen) atoms. The lowest BCUT2D eigenvalue weighted by molar-refractivity contribution is -0.127. The maximum Gasteiger partial charge on any atom is 0.255 e. The van der Waals surface area contributed by atoms with Gasteiger partial charge in [0.1, 0.15) is 11.9 Å². The zero-order chi connectivity index (χ0) is 17.9. The molecule has 0 aromatic carbocycles. The first-order valence-corrected chi connectivity index (χ1v) is 9.42. The Bertz CT molecular complexity index is 822. The second kappa shape index (κ2) is 7.43. The minimum atomic E-state index is -0.374. The van der Waals surface area contributed by atoms with E-state index in [1.165, 1.54) is 17.4 Å². The Labute approximate surface area is 154 Å². The van der Waals surface area contributed by atoms with Crippen molar-refractivity contribution in [2.45, 2.75) is 31.9 Å². The highest BCUT2D eigenvalue weighted by molar-refractivity contribution is 7.15. The Hall–Kier alpha value is -2.45. The third-order valence-corrected chi connectivity index (χ3v) is 5.43. The Morgan fingerprint density at radius 1 is 1.42 bits per heavy atom. The summed E-state index contributed by atoms with van der Waals surface area (Å²) >= 11 is 1.42. The summed E-state index contributed by atoms with van der Waals surface area (Å²) in [5.41, 5.74) is 0.955. The molecule has 2 aliphatic rings. The smallest absolute Gasteiger partial charge is 0.255 e. The first-order chi connectivity index (χ1) is 12.7. The average molecular weight is 373 g/mol. The summed E-state index contributed by atoms with van der Waals surface area (Å²) in [4.78, 5) is 31.8. The third kappa shape index (κ3) is 3.71. The highest BCUT2D eigenvalue weighted by Gasteiger charge is 2.27. The van der Waals surface area contributed by atoms with Crippen LogP contribution in [0.15, 0.2) is 28.9 Å². The van der Waals surface area contributed by atoms with E-state index in [4.69, 9.17) is 9.15 Å². The van der Waals surface area contributed by atoms with Crippen LogP contribution in [0.4, 0.5) is 5.13 Å². The molecule has 0 radical (unpaired) electrons. The van der Waals surface area contributed by atoms with Gasteiger partial charge in [-0.2, -0.15) is 0 Å². The summed E-state index contributed by atoms with van der Waals surface area (Å²) < 4.78 is 10.6. The molecule has 0 aliphatic carbocycles. The summed E-state index contributed by atoms with van der Waals surface area (Å²) in [7, 11) is 0. The van der Waals surface area contributed by atoms with Crippen LogP contribution in [0.3, 0.4) is 0 Å². The fraction of sp³-hybridized carbons (Fsp3) is 0.389. The molecule has 1 N–H and O–H groups in total. The number of amides is 2. The fourth-order valence-electron chi connectivity index (χ4n) is 3.05. The fourth-order valence-corrected chi connectivity index (χ4v) is 4.08. The van der Waals surface area contributed by atoms with E-state index in [0.29, 0.717) is 37.0 Å². The zero-order valence-electron chi connectivity index (χ0n) is 14.1. The van der Waals surface area contributed by atoms with E-state index in [9.17, 15) is 9.59 Å². The number of hydrogen-bond acceptors (Lipinski definition) is 6. The molecule has 0 bridgehead atoms. The number of nitrogens with one attached hydrogen (secondary N) is 1. The summed E-state index contributed by atoms with van der Waals surface area (Å²) in [6.07, 6.45) is 6.72. The Morgan fingerprint density at radius 2 is 2.35 bits per heavy atom. The largest absolute Gasteiger partial charge is 0.465 e. The number of furan rings is 1. The van der Waals surface area contributed by atoms with Crippen LogP contribution in [-0.4, -0.2) is 41.0 Å². The second-order valence-electron chi connectivity index (χ2n) is 6.24. The monoisotopic (exact) mass is 373 g/mol. The maximum atomic E-state index is 12.4. The Balaban J connectivity index is 1.38. The van der Waals surface area contributed by atoms with Gasteiger partial charge >= 0.3 is 0 Å². The molecule has 4 heterocycles. The van der Waals surface area contributed by atoms with E-state index in [1.54, 1.807) is 29.4 Å². The number of anilines is 1. The molecule has 2 amide bonds. The molecule has 1 fully saturated rings. The van der Waals surface area contributed by atoms with Gasteiger partial charge in [-0.1, -0.05) is 11.3 Å². The van der Waals surface area contributed by atoms with Crippen molar-refractivity contribution in [1.82, 2.24) is 9.88 Å². The van der Waals surface area contributed by atoms with Crippen LogP contribution in [0.5, 0.6) is 0 Å². The maximum absolute atomic E-state index is 12.4. The van der Waals surface area contributed by atoms with Crippen molar-refractivity contribution in [1.29, 1.82) is 0 Å². The summed E-state index contributed by atoms with van der Waals surface area (Å²) in [6.45, 7) is 1.75. The van der Waals surface area contributed by atoms with Crippen molar-refractivity contribution in [3.8, 4) is 0 Å². The number of rotatable bonds is 4. The number of thiazole rings is 1. The molecule has 1 saturated heterocycles. The normalized spacial score (nSPS) is 19.7. The van der Waals surface area contributed by atoms with Crippen molar-refractivity contribution < 1.29 is 18.7 Å². The molecular formula is C18H19N3O4S. The number of nitrogens with zero attached hydrogens (tertiary/aromatic N) is 2. The molecule has 8 heteroatoms. The van der Waals surface area contributed by atoms with Gasteiger partial charge in [0, 0.05) is 30.5 Å². The van der Waals surface area contributed by atoms with Gasteiger partial charge in [0.15, 0.2) is 5.13 Å². The number of fused-ring (bicyclic) bond motifs is 1. The van der Waals surface area contributed by atoms with Crippen molar-refractivity contribution in [2.75, 3.05) is 18.5 Å². The SMILES string of the molecule is O=C(Nc1nc2c(s1)CN(C(=O)/C=C/c1ccco1)CC2)C1CCCO1. The highest BCUT2D eigenvalue weighted by Crippen LogP contribution is 2.29. The van der Waals surface area contributed by atoms with Crippen LogP contribution >= 0.6 is 11.3 Å². The highest BCUT2D eigenvalue weighted by atomic mass is 32.1. The Morgan fingerprint density at radius 3 is 3.12 bits per heavy atom. The lowest BCUT2D eigenvalue weighted by Crippen LogP contribution is -2.34. The summed E-state index contributed by atoms with van der Waals surface area (Å²) in [5, 5.41) is 3.42. The molecule has 2 aromatic heterocycles. The summed E-state index contributed by atoms with van der Waals surface area (Å²) in [5.74, 6) is 0.446. The number of carbonyl (C=O) groups excluding carboxylic acids is 2. The lowest BCUT2D eigenvalue weighted by atomic mass is 10.2. The van der Waals surface area contributed by atoms with Gasteiger partial charge in [-0.15, -0.1) is 0 Å². The molecule has 0 spiro atoms. The molecule has 136 valence electrons. The average Bonchev–Trinajstić information content (AvgIpc) is 3.39. The van der Waals surface area contributed by atoms with Crippen LogP contribution in [0.2, 0.25) is 0 Å². The second-order valence-corrected chi connectivity index (χ2v) is 7.32. The van der Waals surface area contributed by atoms with Gasteiger partial charge < -0.3 is 14.1 Å². The van der Waals surface area contributed by atoms with E-state index in [-0.39, 0.29) is 17.9 Å². The van der Waals surface area contributed by atoms with E-state index in [1.807, 2.05) is 0 Å². The van der Waals surface area contributed by atoms with Gasteiger partial charge in [-0.25, -0.2) is 4.98 Å². The van der Waals surface area contributed by atoms with Gasteiger partial charge in [0.25, 0.3) is 5.91 Å². The van der Waals surface area contributed by atoms with Crippen LogP contribution in [0, 0.1) is 0 Å². The molecule has 1 unspecified atom stereocenters. The van der Waals surface area contributed by atoms with Crippen LogP contribution < -0.4 is 5.32 Å². The number of ether oxygens (including phenoxy) is 1.